The van der Waals surface area contributed by atoms with Crippen LogP contribution in [0.1, 0.15) is 38.8 Å². The van der Waals surface area contributed by atoms with Crippen molar-refractivity contribution >= 4 is 23.3 Å². The number of hydrogen-bond donors (Lipinski definition) is 3. The lowest BCUT2D eigenvalue weighted by Crippen LogP contribution is -2.54. The minimum absolute atomic E-state index is 0.0496. The van der Waals surface area contributed by atoms with Crippen molar-refractivity contribution in [1.29, 1.82) is 0 Å². The molecule has 0 saturated carbocycles. The highest BCUT2D eigenvalue weighted by Gasteiger charge is 2.31. The van der Waals surface area contributed by atoms with E-state index in [0.29, 0.717) is 19.6 Å². The second-order valence-electron chi connectivity index (χ2n) is 9.31. The largest absolute Gasteiger partial charge is 0.394 e. The summed E-state index contributed by atoms with van der Waals surface area (Å²) in [5, 5.41) is 11.9. The molecule has 1 fully saturated rings. The number of benzene rings is 2. The predicted octanol–water partition coefficient (Wildman–Crippen LogP) is 2.76. The number of anilines is 2. The van der Waals surface area contributed by atoms with Crippen molar-refractivity contribution in [3.63, 3.8) is 0 Å². The molecule has 0 aliphatic carbocycles. The van der Waals surface area contributed by atoms with Crippen LogP contribution in [0.5, 0.6) is 0 Å². The first-order valence-corrected chi connectivity index (χ1v) is 10.5. The van der Waals surface area contributed by atoms with Crippen molar-refractivity contribution < 1.29 is 14.7 Å². The summed E-state index contributed by atoms with van der Waals surface area (Å²) in [5.74, 6) is -0.415. The highest BCUT2D eigenvalue weighted by molar-refractivity contribution is 6.06. The zero-order valence-corrected chi connectivity index (χ0v) is 18.7. The number of hydrogen-bond acceptors (Lipinski definition) is 4. The summed E-state index contributed by atoms with van der Waals surface area (Å²) < 4.78 is 0. The Labute approximate surface area is 183 Å². The summed E-state index contributed by atoms with van der Waals surface area (Å²) >= 11 is 0. The Morgan fingerprint density at radius 2 is 1.45 bits per heavy atom. The second-order valence-corrected chi connectivity index (χ2v) is 9.31. The summed E-state index contributed by atoms with van der Waals surface area (Å²) in [6.07, 6.45) is 0. The molecule has 1 aliphatic heterocycles. The Bertz CT molecular complexity index is 931. The van der Waals surface area contributed by atoms with E-state index >= 15 is 0 Å². The molecule has 1 heterocycles. The number of rotatable bonds is 6. The molecule has 1 aliphatic rings. The Hall–Kier alpha value is -2.90. The zero-order valence-electron chi connectivity index (χ0n) is 18.7. The normalized spacial score (nSPS) is 16.4. The van der Waals surface area contributed by atoms with Gasteiger partial charge in [-0.1, -0.05) is 45.0 Å². The standard InChI is InChI=1S/C24H32N4O3/c1-23(2,3)18-7-11-20(12-8-18)28-14-13-27(22(28)31)19-9-5-17(6-10-19)15-26-21(30)24(4,25)16-29/h5-12,29H,13-16,25H2,1-4H3,(H,26,30). The number of urea groups is 1. The first-order valence-electron chi connectivity index (χ1n) is 10.5. The molecule has 1 unspecified atom stereocenters. The summed E-state index contributed by atoms with van der Waals surface area (Å²) in [4.78, 5) is 28.5. The average molecular weight is 425 g/mol. The lowest BCUT2D eigenvalue weighted by Gasteiger charge is -2.22. The number of amides is 3. The maximum absolute atomic E-state index is 13.0. The van der Waals surface area contributed by atoms with Crippen LogP contribution in [0.25, 0.3) is 0 Å². The van der Waals surface area contributed by atoms with Crippen molar-refractivity contribution in [3.8, 4) is 0 Å². The molecule has 2 aromatic carbocycles. The molecule has 7 heteroatoms. The van der Waals surface area contributed by atoms with Crippen LogP contribution >= 0.6 is 0 Å². The quantitative estimate of drug-likeness (QED) is 0.664. The molecule has 0 radical (unpaired) electrons. The minimum atomic E-state index is -1.31. The van der Waals surface area contributed by atoms with Crippen LogP contribution in [0.2, 0.25) is 0 Å². The van der Waals surface area contributed by atoms with Gasteiger partial charge in [0.15, 0.2) is 0 Å². The predicted molar refractivity (Wildman–Crippen MR) is 123 cm³/mol. The molecule has 0 spiro atoms. The van der Waals surface area contributed by atoms with Gasteiger partial charge in [-0.2, -0.15) is 0 Å². The van der Waals surface area contributed by atoms with E-state index in [1.807, 2.05) is 36.4 Å². The maximum Gasteiger partial charge on any atom is 0.329 e. The van der Waals surface area contributed by atoms with Gasteiger partial charge in [0.25, 0.3) is 0 Å². The van der Waals surface area contributed by atoms with Gasteiger partial charge in [-0.05, 0) is 47.7 Å². The Morgan fingerprint density at radius 3 is 1.90 bits per heavy atom. The fourth-order valence-electron chi connectivity index (χ4n) is 3.41. The van der Waals surface area contributed by atoms with E-state index in [4.69, 9.17) is 10.8 Å². The highest BCUT2D eigenvalue weighted by Crippen LogP contribution is 2.28. The number of nitrogens with two attached hydrogens (primary N) is 1. The molecule has 2 aromatic rings. The van der Waals surface area contributed by atoms with Gasteiger partial charge in [0, 0.05) is 31.0 Å². The number of aliphatic hydroxyl groups is 1. The van der Waals surface area contributed by atoms with Crippen LogP contribution in [-0.4, -0.2) is 42.3 Å². The summed E-state index contributed by atoms with van der Waals surface area (Å²) in [6, 6.07) is 15.6. The fourth-order valence-corrected chi connectivity index (χ4v) is 3.41. The Balaban J connectivity index is 1.64. The Kier molecular flexibility index (Phi) is 6.38. The van der Waals surface area contributed by atoms with E-state index in [1.54, 1.807) is 9.80 Å². The van der Waals surface area contributed by atoms with Crippen LogP contribution in [0.4, 0.5) is 16.2 Å². The lowest BCUT2D eigenvalue weighted by molar-refractivity contribution is -0.127. The first-order chi connectivity index (χ1) is 14.5. The molecule has 31 heavy (non-hydrogen) atoms. The lowest BCUT2D eigenvalue weighted by atomic mass is 9.87. The molecule has 4 N–H and O–H groups in total. The van der Waals surface area contributed by atoms with Crippen LogP contribution in [0.3, 0.4) is 0 Å². The van der Waals surface area contributed by atoms with Crippen LogP contribution in [-0.2, 0) is 16.8 Å². The van der Waals surface area contributed by atoms with Crippen molar-refractivity contribution in [3.05, 3.63) is 59.7 Å². The molecule has 166 valence electrons. The topological polar surface area (TPSA) is 98.9 Å². The summed E-state index contributed by atoms with van der Waals surface area (Å²) in [6.45, 7) is 9.09. The van der Waals surface area contributed by atoms with Gasteiger partial charge in [-0.15, -0.1) is 0 Å². The van der Waals surface area contributed by atoms with Gasteiger partial charge in [0.2, 0.25) is 5.91 Å². The number of aliphatic hydroxyl groups excluding tert-OH is 1. The van der Waals surface area contributed by atoms with Gasteiger partial charge in [0.1, 0.15) is 5.54 Å². The van der Waals surface area contributed by atoms with Gasteiger partial charge in [-0.25, -0.2) is 4.79 Å². The first kappa shape index (κ1) is 22.8. The number of nitrogens with one attached hydrogen (secondary N) is 1. The van der Waals surface area contributed by atoms with E-state index in [9.17, 15) is 9.59 Å². The van der Waals surface area contributed by atoms with Crippen molar-refractivity contribution in [1.82, 2.24) is 5.32 Å². The van der Waals surface area contributed by atoms with Gasteiger partial charge in [-0.3, -0.25) is 14.6 Å². The third-order valence-corrected chi connectivity index (χ3v) is 5.60. The third-order valence-electron chi connectivity index (χ3n) is 5.60. The monoisotopic (exact) mass is 424 g/mol. The van der Waals surface area contributed by atoms with Gasteiger partial charge in [0.05, 0.1) is 6.61 Å². The van der Waals surface area contributed by atoms with Crippen LogP contribution < -0.4 is 20.9 Å². The molecule has 1 atom stereocenters. The molecular weight excluding hydrogens is 392 g/mol. The summed E-state index contributed by atoms with van der Waals surface area (Å²) in [7, 11) is 0. The molecule has 0 bridgehead atoms. The highest BCUT2D eigenvalue weighted by atomic mass is 16.3. The molecule has 3 rings (SSSR count). The fraction of sp³-hybridized carbons (Fsp3) is 0.417. The number of carbonyl (C=O) groups excluding carboxylic acids is 2. The van der Waals surface area contributed by atoms with E-state index in [2.05, 4.69) is 38.2 Å². The molecule has 7 nitrogen and oxygen atoms in total. The molecule has 0 aromatic heterocycles. The third kappa shape index (κ3) is 5.06. The van der Waals surface area contributed by atoms with Crippen molar-refractivity contribution in [2.45, 2.75) is 45.2 Å². The molecule has 1 saturated heterocycles. The van der Waals surface area contributed by atoms with E-state index in [1.165, 1.54) is 12.5 Å². The van der Waals surface area contributed by atoms with Crippen LogP contribution in [0.15, 0.2) is 48.5 Å². The van der Waals surface area contributed by atoms with E-state index < -0.39 is 18.1 Å². The number of carbonyl (C=O) groups is 2. The minimum Gasteiger partial charge on any atom is -0.394 e. The van der Waals surface area contributed by atoms with Crippen molar-refractivity contribution in [2.75, 3.05) is 29.5 Å². The van der Waals surface area contributed by atoms with Gasteiger partial charge >= 0.3 is 6.03 Å². The zero-order chi connectivity index (χ0) is 22.8. The van der Waals surface area contributed by atoms with Crippen molar-refractivity contribution in [2.24, 2.45) is 5.73 Å². The van der Waals surface area contributed by atoms with Crippen LogP contribution in [0, 0.1) is 0 Å². The second kappa shape index (κ2) is 8.69. The summed E-state index contributed by atoms with van der Waals surface area (Å²) in [5.41, 5.74) is 8.31. The SMILES string of the molecule is CC(N)(CO)C(=O)NCc1ccc(N2CCN(c3ccc(C(C)(C)C)cc3)C2=O)cc1. The molecule has 3 amide bonds. The smallest absolute Gasteiger partial charge is 0.329 e. The van der Waals surface area contributed by atoms with E-state index in [0.717, 1.165) is 16.9 Å². The number of nitrogens with zero attached hydrogens (tertiary/aromatic N) is 2. The average Bonchev–Trinajstić information content (AvgIpc) is 3.13. The van der Waals surface area contributed by atoms with Gasteiger partial charge < -0.3 is 16.2 Å². The van der Waals surface area contributed by atoms with E-state index in [-0.39, 0.29) is 11.4 Å². The maximum atomic E-state index is 13.0. The Morgan fingerprint density at radius 1 is 0.968 bits per heavy atom. The molecular formula is C24H32N4O3.